The van der Waals surface area contributed by atoms with Crippen LogP contribution in [0, 0.1) is 11.3 Å². The van der Waals surface area contributed by atoms with Crippen LogP contribution >= 0.6 is 0 Å². The van der Waals surface area contributed by atoms with Crippen molar-refractivity contribution in [2.75, 3.05) is 25.0 Å². The van der Waals surface area contributed by atoms with E-state index in [4.69, 9.17) is 16.1 Å². The van der Waals surface area contributed by atoms with E-state index in [1.54, 1.807) is 18.2 Å². The third-order valence-corrected chi connectivity index (χ3v) is 2.38. The van der Waals surface area contributed by atoms with Crippen LogP contribution in [0.4, 0.5) is 5.69 Å². The third kappa shape index (κ3) is 6.17. The highest BCUT2D eigenvalue weighted by atomic mass is 16.4. The van der Waals surface area contributed by atoms with E-state index in [1.165, 1.54) is 6.07 Å². The Morgan fingerprint density at radius 2 is 2.00 bits per heavy atom. The zero-order chi connectivity index (χ0) is 15.8. The maximum atomic E-state index is 11.8. The van der Waals surface area contributed by atoms with Crippen molar-refractivity contribution in [2.24, 2.45) is 5.73 Å². The van der Waals surface area contributed by atoms with Gasteiger partial charge in [0.1, 0.15) is 0 Å². The van der Waals surface area contributed by atoms with Gasteiger partial charge in [-0.2, -0.15) is 5.26 Å². The fraction of sp³-hybridized carbons (Fsp3) is 0.231. The molecule has 0 radical (unpaired) electrons. The van der Waals surface area contributed by atoms with E-state index in [1.807, 2.05) is 6.07 Å². The molecule has 0 fully saturated rings. The van der Waals surface area contributed by atoms with Gasteiger partial charge in [0.05, 0.1) is 31.3 Å². The highest BCUT2D eigenvalue weighted by Crippen LogP contribution is 2.09. The lowest BCUT2D eigenvalue weighted by atomic mass is 10.2. The molecule has 1 aromatic carbocycles. The number of carbonyl (C=O) groups excluding carboxylic acids is 2. The number of benzene rings is 1. The Balaban J connectivity index is 2.66. The minimum atomic E-state index is -1.17. The molecule has 21 heavy (non-hydrogen) atoms. The van der Waals surface area contributed by atoms with E-state index in [2.05, 4.69) is 5.32 Å². The lowest BCUT2D eigenvalue weighted by molar-refractivity contribution is -0.138. The summed E-state index contributed by atoms with van der Waals surface area (Å²) in [5.74, 6) is -2.40. The normalized spacial score (nSPS) is 9.90. The molecule has 0 aliphatic heterocycles. The van der Waals surface area contributed by atoms with Gasteiger partial charge in [-0.1, -0.05) is 6.07 Å². The molecule has 1 rings (SSSR count). The van der Waals surface area contributed by atoms with Crippen molar-refractivity contribution in [3.05, 3.63) is 29.8 Å². The van der Waals surface area contributed by atoms with Gasteiger partial charge in [0.2, 0.25) is 11.8 Å². The van der Waals surface area contributed by atoms with E-state index >= 15 is 0 Å². The van der Waals surface area contributed by atoms with Gasteiger partial charge in [-0.25, -0.2) is 0 Å². The second kappa shape index (κ2) is 7.62. The topological polar surface area (TPSA) is 137 Å². The number of amides is 2. The lowest BCUT2D eigenvalue weighted by Gasteiger charge is -2.17. The number of aliphatic carboxylic acids is 1. The quantitative estimate of drug-likeness (QED) is 0.611. The summed E-state index contributed by atoms with van der Waals surface area (Å²) in [6.07, 6.45) is 0. The molecule has 0 unspecified atom stereocenters. The van der Waals surface area contributed by atoms with Crippen molar-refractivity contribution >= 4 is 23.5 Å². The molecule has 8 nitrogen and oxygen atoms in total. The van der Waals surface area contributed by atoms with Crippen LogP contribution in [0.5, 0.6) is 0 Å². The van der Waals surface area contributed by atoms with Gasteiger partial charge < -0.3 is 16.2 Å². The van der Waals surface area contributed by atoms with Crippen LogP contribution in [0.25, 0.3) is 0 Å². The largest absolute Gasteiger partial charge is 0.480 e. The number of hydrogen-bond donors (Lipinski definition) is 3. The number of hydrogen-bond acceptors (Lipinski definition) is 5. The molecule has 8 heteroatoms. The molecule has 0 aliphatic rings. The first-order valence-corrected chi connectivity index (χ1v) is 5.93. The smallest absolute Gasteiger partial charge is 0.317 e. The average molecular weight is 290 g/mol. The fourth-order valence-corrected chi connectivity index (χ4v) is 1.65. The van der Waals surface area contributed by atoms with Crippen LogP contribution in [0.15, 0.2) is 24.3 Å². The number of nitriles is 1. The predicted octanol–water partition coefficient (Wildman–Crippen LogP) is -0.631. The Labute approximate surface area is 120 Å². The number of anilines is 1. The monoisotopic (exact) mass is 290 g/mol. The van der Waals surface area contributed by atoms with Gasteiger partial charge >= 0.3 is 5.97 Å². The molecule has 0 bridgehead atoms. The van der Waals surface area contributed by atoms with Crippen molar-refractivity contribution in [1.82, 2.24) is 4.90 Å². The van der Waals surface area contributed by atoms with Gasteiger partial charge in [-0.3, -0.25) is 19.3 Å². The van der Waals surface area contributed by atoms with Gasteiger partial charge in [-0.15, -0.1) is 0 Å². The molecular weight excluding hydrogens is 276 g/mol. The molecule has 1 aromatic rings. The number of nitrogens with one attached hydrogen (secondary N) is 1. The predicted molar refractivity (Wildman–Crippen MR) is 73.1 cm³/mol. The first-order chi connectivity index (χ1) is 9.90. The van der Waals surface area contributed by atoms with Crippen molar-refractivity contribution in [3.63, 3.8) is 0 Å². The summed E-state index contributed by atoms with van der Waals surface area (Å²) >= 11 is 0. The van der Waals surface area contributed by atoms with Crippen molar-refractivity contribution < 1.29 is 19.5 Å². The Morgan fingerprint density at radius 1 is 1.29 bits per heavy atom. The number of nitrogens with zero attached hydrogens (tertiary/aromatic N) is 2. The van der Waals surface area contributed by atoms with E-state index in [0.29, 0.717) is 11.3 Å². The summed E-state index contributed by atoms with van der Waals surface area (Å²) in [5, 5.41) is 20.0. The van der Waals surface area contributed by atoms with E-state index in [9.17, 15) is 14.4 Å². The summed E-state index contributed by atoms with van der Waals surface area (Å²) in [5.41, 5.74) is 5.79. The molecule has 0 heterocycles. The van der Waals surface area contributed by atoms with Gasteiger partial charge in [0.25, 0.3) is 0 Å². The van der Waals surface area contributed by atoms with Crippen LogP contribution in [-0.4, -0.2) is 47.4 Å². The number of carbonyl (C=O) groups is 3. The molecule has 0 spiro atoms. The van der Waals surface area contributed by atoms with Crippen molar-refractivity contribution in [2.45, 2.75) is 0 Å². The summed E-state index contributed by atoms with van der Waals surface area (Å²) < 4.78 is 0. The van der Waals surface area contributed by atoms with Gasteiger partial charge in [0.15, 0.2) is 0 Å². The summed E-state index contributed by atoms with van der Waals surface area (Å²) in [4.78, 5) is 34.4. The molecule has 0 saturated heterocycles. The number of carboxylic acid groups (broad SMARTS) is 1. The average Bonchev–Trinajstić information content (AvgIpc) is 2.37. The Morgan fingerprint density at radius 3 is 2.57 bits per heavy atom. The van der Waals surface area contributed by atoms with Crippen LogP contribution in [-0.2, 0) is 14.4 Å². The molecule has 110 valence electrons. The highest BCUT2D eigenvalue weighted by molar-refractivity contribution is 5.93. The second-order valence-corrected chi connectivity index (χ2v) is 4.25. The van der Waals surface area contributed by atoms with Gasteiger partial charge in [-0.05, 0) is 18.2 Å². The summed E-state index contributed by atoms with van der Waals surface area (Å²) in [6, 6.07) is 8.19. The first-order valence-electron chi connectivity index (χ1n) is 5.93. The zero-order valence-corrected chi connectivity index (χ0v) is 11.1. The SMILES string of the molecule is N#Cc1cccc(NC(=O)CN(CC(N)=O)CC(=O)O)c1. The molecule has 4 N–H and O–H groups in total. The van der Waals surface area contributed by atoms with Crippen molar-refractivity contribution in [1.29, 1.82) is 5.26 Å². The summed E-state index contributed by atoms with van der Waals surface area (Å²) in [7, 11) is 0. The molecule has 0 saturated carbocycles. The van der Waals surface area contributed by atoms with Crippen molar-refractivity contribution in [3.8, 4) is 6.07 Å². The number of rotatable bonds is 7. The minimum Gasteiger partial charge on any atom is -0.480 e. The number of carboxylic acids is 1. The van der Waals surface area contributed by atoms with Crippen LogP contribution in [0.1, 0.15) is 5.56 Å². The van der Waals surface area contributed by atoms with E-state index in [0.717, 1.165) is 4.90 Å². The van der Waals surface area contributed by atoms with E-state index < -0.39 is 24.3 Å². The standard InChI is InChI=1S/C13H14N4O4/c14-5-9-2-1-3-10(4-9)16-12(19)7-17(6-11(15)18)8-13(20)21/h1-4H,6-8H2,(H2,15,18)(H,16,19)(H,20,21). The number of primary amides is 1. The molecule has 2 amide bonds. The molecule has 0 aliphatic carbocycles. The first kappa shape index (κ1) is 16.1. The van der Waals surface area contributed by atoms with Gasteiger partial charge in [0, 0.05) is 5.69 Å². The Kier molecular flexibility index (Phi) is 5.85. The maximum absolute atomic E-state index is 11.8. The zero-order valence-electron chi connectivity index (χ0n) is 11.1. The molecular formula is C13H14N4O4. The van der Waals surface area contributed by atoms with E-state index in [-0.39, 0.29) is 13.1 Å². The molecule has 0 aromatic heterocycles. The Bertz CT molecular complexity index is 578. The Hall–Kier alpha value is -2.92. The number of nitrogens with two attached hydrogens (primary N) is 1. The maximum Gasteiger partial charge on any atom is 0.317 e. The lowest BCUT2D eigenvalue weighted by Crippen LogP contribution is -2.41. The van der Waals surface area contributed by atoms with Crippen LogP contribution in [0.2, 0.25) is 0 Å². The van der Waals surface area contributed by atoms with Crippen LogP contribution in [0.3, 0.4) is 0 Å². The molecule has 0 atom stereocenters. The summed E-state index contributed by atoms with van der Waals surface area (Å²) in [6.45, 7) is -1.11. The second-order valence-electron chi connectivity index (χ2n) is 4.25. The van der Waals surface area contributed by atoms with Crippen LogP contribution < -0.4 is 11.1 Å². The third-order valence-electron chi connectivity index (χ3n) is 2.38. The minimum absolute atomic E-state index is 0.300. The highest BCUT2D eigenvalue weighted by Gasteiger charge is 2.16. The fourth-order valence-electron chi connectivity index (χ4n) is 1.65.